The molecule has 0 amide bonds. The molecule has 2 fully saturated rings. The Morgan fingerprint density at radius 1 is 1.00 bits per heavy atom. The lowest BCUT2D eigenvalue weighted by atomic mass is 9.96. The summed E-state index contributed by atoms with van der Waals surface area (Å²) in [5.41, 5.74) is 1.42. The fourth-order valence-corrected chi connectivity index (χ4v) is 4.00. The standard InChI is InChI=1S/C19H31N3/c1-2-12-21-13-8-5-9-18(21)17-10-11-19(20-16-17)22-14-6-3-4-7-15-22/h10-11,16,18H,2-9,12-15H2,1H3/t18-/m1/s1. The Morgan fingerprint density at radius 2 is 1.77 bits per heavy atom. The number of hydrogen-bond acceptors (Lipinski definition) is 3. The molecule has 0 aromatic carbocycles. The Balaban J connectivity index is 1.69. The first-order chi connectivity index (χ1) is 10.9. The van der Waals surface area contributed by atoms with Crippen LogP contribution in [-0.2, 0) is 0 Å². The van der Waals surface area contributed by atoms with Gasteiger partial charge in [0.05, 0.1) is 0 Å². The van der Waals surface area contributed by atoms with E-state index in [1.54, 1.807) is 0 Å². The van der Waals surface area contributed by atoms with E-state index in [1.165, 1.54) is 88.9 Å². The molecule has 0 saturated carbocycles. The molecule has 3 heteroatoms. The fraction of sp³-hybridized carbons (Fsp3) is 0.737. The number of rotatable bonds is 4. The summed E-state index contributed by atoms with van der Waals surface area (Å²) in [7, 11) is 0. The summed E-state index contributed by atoms with van der Waals surface area (Å²) in [5, 5.41) is 0. The van der Waals surface area contributed by atoms with Gasteiger partial charge in [-0.15, -0.1) is 0 Å². The SMILES string of the molecule is CCCN1CCCC[C@@H]1c1ccc(N2CCCCCC2)nc1. The van der Waals surface area contributed by atoms with Gasteiger partial charge in [-0.1, -0.05) is 32.3 Å². The summed E-state index contributed by atoms with van der Waals surface area (Å²) in [6.07, 6.45) is 12.8. The molecule has 2 aliphatic heterocycles. The lowest BCUT2D eigenvalue weighted by Crippen LogP contribution is -2.34. The number of aromatic nitrogens is 1. The molecular weight excluding hydrogens is 270 g/mol. The van der Waals surface area contributed by atoms with Gasteiger partial charge in [-0.25, -0.2) is 4.98 Å². The Hall–Kier alpha value is -1.09. The molecule has 2 aliphatic rings. The normalized spacial score (nSPS) is 24.2. The molecule has 0 unspecified atom stereocenters. The highest BCUT2D eigenvalue weighted by atomic mass is 15.2. The van der Waals surface area contributed by atoms with E-state index in [2.05, 4.69) is 35.1 Å². The van der Waals surface area contributed by atoms with Gasteiger partial charge in [-0.3, -0.25) is 4.90 Å². The maximum Gasteiger partial charge on any atom is 0.128 e. The topological polar surface area (TPSA) is 19.4 Å². The molecule has 0 N–H and O–H groups in total. The number of hydrogen-bond donors (Lipinski definition) is 0. The van der Waals surface area contributed by atoms with Crippen LogP contribution in [0.1, 0.15) is 69.9 Å². The zero-order chi connectivity index (χ0) is 15.2. The molecule has 3 heterocycles. The van der Waals surface area contributed by atoms with E-state index >= 15 is 0 Å². The van der Waals surface area contributed by atoms with Crippen LogP contribution < -0.4 is 4.90 Å². The molecule has 22 heavy (non-hydrogen) atoms. The van der Waals surface area contributed by atoms with E-state index in [1.807, 2.05) is 0 Å². The van der Waals surface area contributed by atoms with E-state index in [4.69, 9.17) is 4.98 Å². The largest absolute Gasteiger partial charge is 0.357 e. The van der Waals surface area contributed by atoms with Crippen LogP contribution in [0.5, 0.6) is 0 Å². The molecule has 122 valence electrons. The minimum Gasteiger partial charge on any atom is -0.357 e. The molecule has 0 aliphatic carbocycles. The predicted octanol–water partition coefficient (Wildman–Crippen LogP) is 4.40. The molecule has 3 rings (SSSR count). The second-order valence-electron chi connectivity index (χ2n) is 6.90. The average Bonchev–Trinajstić information content (AvgIpc) is 2.85. The van der Waals surface area contributed by atoms with Gasteiger partial charge in [0.1, 0.15) is 5.82 Å². The smallest absolute Gasteiger partial charge is 0.128 e. The Bertz CT molecular complexity index is 432. The van der Waals surface area contributed by atoms with E-state index in [9.17, 15) is 0 Å². The van der Waals surface area contributed by atoms with Crippen molar-refractivity contribution in [2.24, 2.45) is 0 Å². The van der Waals surface area contributed by atoms with E-state index in [-0.39, 0.29) is 0 Å². The van der Waals surface area contributed by atoms with Crippen molar-refractivity contribution in [1.29, 1.82) is 0 Å². The first-order valence-corrected chi connectivity index (χ1v) is 9.33. The first kappa shape index (κ1) is 15.8. The summed E-state index contributed by atoms with van der Waals surface area (Å²) in [6, 6.07) is 5.20. The van der Waals surface area contributed by atoms with E-state index < -0.39 is 0 Å². The maximum absolute atomic E-state index is 4.81. The van der Waals surface area contributed by atoms with Crippen LogP contribution in [0.3, 0.4) is 0 Å². The van der Waals surface area contributed by atoms with Crippen LogP contribution >= 0.6 is 0 Å². The first-order valence-electron chi connectivity index (χ1n) is 9.33. The monoisotopic (exact) mass is 301 g/mol. The number of piperidine rings is 1. The van der Waals surface area contributed by atoms with Crippen molar-refractivity contribution in [1.82, 2.24) is 9.88 Å². The van der Waals surface area contributed by atoms with Crippen LogP contribution in [0.2, 0.25) is 0 Å². The van der Waals surface area contributed by atoms with Crippen LogP contribution in [0, 0.1) is 0 Å². The van der Waals surface area contributed by atoms with Gasteiger partial charge in [0.15, 0.2) is 0 Å². The van der Waals surface area contributed by atoms with Crippen LogP contribution in [-0.4, -0.2) is 36.1 Å². The van der Waals surface area contributed by atoms with Crippen molar-refractivity contribution < 1.29 is 0 Å². The minimum atomic E-state index is 0.597. The molecular formula is C19H31N3. The van der Waals surface area contributed by atoms with Gasteiger partial charge in [0, 0.05) is 25.3 Å². The van der Waals surface area contributed by atoms with Gasteiger partial charge in [0.25, 0.3) is 0 Å². The third-order valence-electron chi connectivity index (χ3n) is 5.21. The Kier molecular flexibility index (Phi) is 5.71. The Labute approximate surface area is 135 Å². The van der Waals surface area contributed by atoms with Crippen molar-refractivity contribution in [3.63, 3.8) is 0 Å². The highest BCUT2D eigenvalue weighted by molar-refractivity contribution is 5.40. The molecule has 1 atom stereocenters. The molecule has 1 aromatic heterocycles. The lowest BCUT2D eigenvalue weighted by molar-refractivity contribution is 0.149. The van der Waals surface area contributed by atoms with Crippen molar-refractivity contribution in [2.45, 2.75) is 64.3 Å². The zero-order valence-electron chi connectivity index (χ0n) is 14.1. The molecule has 0 spiro atoms. The van der Waals surface area contributed by atoms with Crippen LogP contribution in [0.25, 0.3) is 0 Å². The van der Waals surface area contributed by atoms with Gasteiger partial charge in [-0.05, 0) is 56.8 Å². The fourth-order valence-electron chi connectivity index (χ4n) is 4.00. The van der Waals surface area contributed by atoms with Crippen molar-refractivity contribution in [3.8, 4) is 0 Å². The van der Waals surface area contributed by atoms with E-state index in [0.29, 0.717) is 6.04 Å². The third-order valence-corrected chi connectivity index (χ3v) is 5.21. The zero-order valence-corrected chi connectivity index (χ0v) is 14.1. The second kappa shape index (κ2) is 7.96. The second-order valence-corrected chi connectivity index (χ2v) is 6.90. The molecule has 1 aromatic rings. The summed E-state index contributed by atoms with van der Waals surface area (Å²) < 4.78 is 0. The van der Waals surface area contributed by atoms with Gasteiger partial charge < -0.3 is 4.90 Å². The van der Waals surface area contributed by atoms with Crippen LogP contribution in [0.4, 0.5) is 5.82 Å². The third kappa shape index (κ3) is 3.81. The highest BCUT2D eigenvalue weighted by Gasteiger charge is 2.23. The number of likely N-dealkylation sites (tertiary alicyclic amines) is 1. The molecule has 2 saturated heterocycles. The predicted molar refractivity (Wildman–Crippen MR) is 93.4 cm³/mol. The average molecular weight is 301 g/mol. The number of pyridine rings is 1. The Morgan fingerprint density at radius 3 is 2.45 bits per heavy atom. The quantitative estimate of drug-likeness (QED) is 0.821. The van der Waals surface area contributed by atoms with Crippen molar-refractivity contribution >= 4 is 5.82 Å². The molecule has 0 radical (unpaired) electrons. The van der Waals surface area contributed by atoms with Crippen LogP contribution in [0.15, 0.2) is 18.3 Å². The maximum atomic E-state index is 4.81. The highest BCUT2D eigenvalue weighted by Crippen LogP contribution is 2.31. The molecule has 0 bridgehead atoms. The summed E-state index contributed by atoms with van der Waals surface area (Å²) in [6.45, 7) is 7.12. The number of nitrogens with zero attached hydrogens (tertiary/aromatic N) is 3. The van der Waals surface area contributed by atoms with Gasteiger partial charge in [0.2, 0.25) is 0 Å². The minimum absolute atomic E-state index is 0.597. The van der Waals surface area contributed by atoms with Crippen molar-refractivity contribution in [2.75, 3.05) is 31.1 Å². The number of anilines is 1. The van der Waals surface area contributed by atoms with Crippen molar-refractivity contribution in [3.05, 3.63) is 23.9 Å². The van der Waals surface area contributed by atoms with E-state index in [0.717, 1.165) is 0 Å². The summed E-state index contributed by atoms with van der Waals surface area (Å²) >= 11 is 0. The lowest BCUT2D eigenvalue weighted by Gasteiger charge is -2.35. The molecule has 3 nitrogen and oxygen atoms in total. The van der Waals surface area contributed by atoms with Gasteiger partial charge >= 0.3 is 0 Å². The summed E-state index contributed by atoms with van der Waals surface area (Å²) in [5.74, 6) is 1.18. The summed E-state index contributed by atoms with van der Waals surface area (Å²) in [4.78, 5) is 9.95. The van der Waals surface area contributed by atoms with Gasteiger partial charge in [-0.2, -0.15) is 0 Å².